The number of piperidine rings is 1. The molecular weight excluding hydrogens is 310 g/mol. The van der Waals surface area contributed by atoms with Crippen LogP contribution in [0.2, 0.25) is 0 Å². The van der Waals surface area contributed by atoms with Crippen molar-refractivity contribution < 1.29 is 19.1 Å². The Morgan fingerprint density at radius 3 is 2.92 bits per heavy atom. The fraction of sp³-hybridized carbons (Fsp3) is 0.471. The van der Waals surface area contributed by atoms with Gasteiger partial charge in [0, 0.05) is 32.1 Å². The molecule has 1 amide bonds. The van der Waals surface area contributed by atoms with Gasteiger partial charge in [-0.15, -0.1) is 0 Å². The average molecular weight is 331 g/mol. The zero-order valence-corrected chi connectivity index (χ0v) is 13.6. The van der Waals surface area contributed by atoms with E-state index in [4.69, 9.17) is 9.52 Å². The summed E-state index contributed by atoms with van der Waals surface area (Å²) < 4.78 is 7.16. The van der Waals surface area contributed by atoms with Crippen molar-refractivity contribution in [3.05, 3.63) is 41.6 Å². The summed E-state index contributed by atoms with van der Waals surface area (Å²) in [4.78, 5) is 25.2. The fourth-order valence-electron chi connectivity index (χ4n) is 3.05. The molecule has 0 radical (unpaired) electrons. The highest BCUT2D eigenvalue weighted by molar-refractivity contribution is 5.86. The fourth-order valence-corrected chi connectivity index (χ4v) is 3.05. The monoisotopic (exact) mass is 331 g/mol. The molecule has 0 saturated carbocycles. The van der Waals surface area contributed by atoms with Crippen molar-refractivity contribution in [2.45, 2.75) is 38.6 Å². The Kier molecular flexibility index (Phi) is 4.69. The van der Waals surface area contributed by atoms with Gasteiger partial charge < -0.3 is 14.4 Å². The number of carbonyl (C=O) groups is 2. The number of nitrogens with zero attached hydrogens (tertiary/aromatic N) is 3. The number of hydrogen-bond acceptors (Lipinski definition) is 4. The quantitative estimate of drug-likeness (QED) is 0.908. The summed E-state index contributed by atoms with van der Waals surface area (Å²) in [6.45, 7) is 3.19. The first-order chi connectivity index (χ1) is 11.5. The first kappa shape index (κ1) is 16.3. The molecule has 1 aliphatic heterocycles. The van der Waals surface area contributed by atoms with E-state index in [2.05, 4.69) is 5.10 Å². The van der Waals surface area contributed by atoms with E-state index in [1.165, 1.54) is 12.4 Å². The van der Waals surface area contributed by atoms with Gasteiger partial charge in [0.2, 0.25) is 5.91 Å². The van der Waals surface area contributed by atoms with Crippen LogP contribution in [-0.4, -0.2) is 44.8 Å². The molecule has 3 rings (SSSR count). The molecule has 24 heavy (non-hydrogen) atoms. The lowest BCUT2D eigenvalue weighted by Gasteiger charge is -2.33. The highest BCUT2D eigenvalue weighted by atomic mass is 16.4. The predicted molar refractivity (Wildman–Crippen MR) is 85.8 cm³/mol. The largest absolute Gasteiger partial charge is 0.478 e. The molecule has 1 N–H and O–H groups in total. The lowest BCUT2D eigenvalue weighted by molar-refractivity contribution is -0.132. The number of furan rings is 1. The number of carbonyl (C=O) groups excluding carboxylic acids is 1. The van der Waals surface area contributed by atoms with Gasteiger partial charge in [-0.3, -0.25) is 9.48 Å². The lowest BCUT2D eigenvalue weighted by Crippen LogP contribution is -2.40. The Hall–Kier alpha value is -2.57. The second-order valence-electron chi connectivity index (χ2n) is 6.16. The number of carboxylic acids is 1. The summed E-state index contributed by atoms with van der Waals surface area (Å²) in [5.74, 6) is 0.786. The molecule has 7 nitrogen and oxygen atoms in total. The standard InChI is InChI=1S/C17H21N3O4/c1-12-4-5-15(24-12)6-7-16(21)19-8-2-3-14(11-19)20-10-13(9-18-20)17(22)23/h4-5,9-10,14H,2-3,6-8,11H2,1H3,(H,22,23)/t14-/m1/s1. The van der Waals surface area contributed by atoms with Crippen LogP contribution in [0.5, 0.6) is 0 Å². The van der Waals surface area contributed by atoms with Gasteiger partial charge in [0.05, 0.1) is 17.8 Å². The molecule has 1 fully saturated rings. The van der Waals surface area contributed by atoms with Crippen molar-refractivity contribution in [1.82, 2.24) is 14.7 Å². The van der Waals surface area contributed by atoms with Crippen molar-refractivity contribution in [3.63, 3.8) is 0 Å². The van der Waals surface area contributed by atoms with Gasteiger partial charge >= 0.3 is 5.97 Å². The number of rotatable bonds is 5. The first-order valence-electron chi connectivity index (χ1n) is 8.13. The third-order valence-electron chi connectivity index (χ3n) is 4.35. The predicted octanol–water partition coefficient (Wildman–Crippen LogP) is 2.28. The zero-order valence-electron chi connectivity index (χ0n) is 13.6. The summed E-state index contributed by atoms with van der Waals surface area (Å²) >= 11 is 0. The Morgan fingerprint density at radius 1 is 1.42 bits per heavy atom. The minimum atomic E-state index is -0.987. The van der Waals surface area contributed by atoms with E-state index in [0.717, 1.165) is 30.9 Å². The highest BCUT2D eigenvalue weighted by Crippen LogP contribution is 2.22. The van der Waals surface area contributed by atoms with E-state index < -0.39 is 5.97 Å². The summed E-state index contributed by atoms with van der Waals surface area (Å²) in [7, 11) is 0. The molecule has 1 saturated heterocycles. The van der Waals surface area contributed by atoms with Crippen LogP contribution in [-0.2, 0) is 11.2 Å². The van der Waals surface area contributed by atoms with Gasteiger partial charge in [-0.05, 0) is 31.9 Å². The van der Waals surface area contributed by atoms with Crippen molar-refractivity contribution in [1.29, 1.82) is 0 Å². The number of carboxylic acid groups (broad SMARTS) is 1. The Bertz CT molecular complexity index is 734. The molecule has 0 unspecified atom stereocenters. The summed E-state index contributed by atoms with van der Waals surface area (Å²) in [5, 5.41) is 13.1. The van der Waals surface area contributed by atoms with Crippen molar-refractivity contribution in [3.8, 4) is 0 Å². The van der Waals surface area contributed by atoms with Crippen LogP contribution >= 0.6 is 0 Å². The van der Waals surface area contributed by atoms with Crippen LogP contribution in [0.1, 0.15) is 47.2 Å². The molecular formula is C17H21N3O4. The van der Waals surface area contributed by atoms with Crippen LogP contribution in [0, 0.1) is 6.92 Å². The van der Waals surface area contributed by atoms with E-state index in [-0.39, 0.29) is 17.5 Å². The molecule has 2 aromatic rings. The van der Waals surface area contributed by atoms with E-state index >= 15 is 0 Å². The third kappa shape index (κ3) is 3.67. The minimum Gasteiger partial charge on any atom is -0.478 e. The molecule has 3 heterocycles. The maximum absolute atomic E-state index is 12.4. The highest BCUT2D eigenvalue weighted by Gasteiger charge is 2.25. The van der Waals surface area contributed by atoms with Gasteiger partial charge in [-0.25, -0.2) is 4.79 Å². The summed E-state index contributed by atoms with van der Waals surface area (Å²) in [5.41, 5.74) is 0.173. The number of aromatic nitrogens is 2. The molecule has 0 aliphatic carbocycles. The van der Waals surface area contributed by atoms with Crippen LogP contribution in [0.15, 0.2) is 28.9 Å². The van der Waals surface area contributed by atoms with Crippen LogP contribution in [0.3, 0.4) is 0 Å². The second kappa shape index (κ2) is 6.90. The van der Waals surface area contributed by atoms with Crippen LogP contribution in [0.4, 0.5) is 0 Å². The Labute approximate surface area is 139 Å². The van der Waals surface area contributed by atoms with Crippen molar-refractivity contribution in [2.24, 2.45) is 0 Å². The topological polar surface area (TPSA) is 88.6 Å². The second-order valence-corrected chi connectivity index (χ2v) is 6.16. The number of aryl methyl sites for hydroxylation is 2. The molecule has 2 aromatic heterocycles. The van der Waals surface area contributed by atoms with Gasteiger partial charge in [0.25, 0.3) is 0 Å². The summed E-state index contributed by atoms with van der Waals surface area (Å²) in [6, 6.07) is 3.83. The Morgan fingerprint density at radius 2 is 2.25 bits per heavy atom. The van der Waals surface area contributed by atoms with Gasteiger partial charge in [0.1, 0.15) is 11.5 Å². The number of amides is 1. The third-order valence-corrected chi connectivity index (χ3v) is 4.35. The zero-order chi connectivity index (χ0) is 17.1. The molecule has 7 heteroatoms. The maximum atomic E-state index is 12.4. The number of likely N-dealkylation sites (tertiary alicyclic amines) is 1. The molecule has 0 spiro atoms. The van der Waals surface area contributed by atoms with E-state index in [9.17, 15) is 9.59 Å². The SMILES string of the molecule is Cc1ccc(CCC(=O)N2CCC[C@@H](n3cc(C(=O)O)cn3)C2)o1. The molecule has 1 aliphatic rings. The lowest BCUT2D eigenvalue weighted by atomic mass is 10.1. The molecule has 1 atom stereocenters. The normalized spacial score (nSPS) is 17.9. The number of aromatic carboxylic acids is 1. The van der Waals surface area contributed by atoms with E-state index in [1.54, 1.807) is 4.68 Å². The van der Waals surface area contributed by atoms with Crippen LogP contribution in [0.25, 0.3) is 0 Å². The molecule has 128 valence electrons. The summed E-state index contributed by atoms with van der Waals surface area (Å²) in [6.07, 6.45) is 5.67. The van der Waals surface area contributed by atoms with E-state index in [1.807, 2.05) is 24.0 Å². The number of hydrogen-bond donors (Lipinski definition) is 1. The van der Waals surface area contributed by atoms with Crippen molar-refractivity contribution >= 4 is 11.9 Å². The Balaban J connectivity index is 1.57. The maximum Gasteiger partial charge on any atom is 0.338 e. The van der Waals surface area contributed by atoms with E-state index in [0.29, 0.717) is 19.4 Å². The van der Waals surface area contributed by atoms with Gasteiger partial charge in [0.15, 0.2) is 0 Å². The minimum absolute atomic E-state index is 0.0293. The molecule has 0 aromatic carbocycles. The van der Waals surface area contributed by atoms with Crippen LogP contribution < -0.4 is 0 Å². The van der Waals surface area contributed by atoms with Crippen molar-refractivity contribution in [2.75, 3.05) is 13.1 Å². The molecule has 0 bridgehead atoms. The average Bonchev–Trinajstić information content (AvgIpc) is 3.22. The van der Waals surface area contributed by atoms with Gasteiger partial charge in [-0.1, -0.05) is 0 Å². The van der Waals surface area contributed by atoms with Gasteiger partial charge in [-0.2, -0.15) is 5.10 Å². The smallest absolute Gasteiger partial charge is 0.338 e. The first-order valence-corrected chi connectivity index (χ1v) is 8.13.